The predicted molar refractivity (Wildman–Crippen MR) is 157 cm³/mol. The summed E-state index contributed by atoms with van der Waals surface area (Å²) >= 11 is 3.94. The zero-order valence-corrected chi connectivity index (χ0v) is 31.7. The Morgan fingerprint density at radius 1 is 1.10 bits per heavy atom. The number of carbonyl (C=O) groups is 2. The standard InChI is InChI=1S/C21H36N7O16P3S.3Li/c1-21(2,16(31)19(32)24-4-3-12(29)23-5-6-48)8-41-47(38,39)44-46(36,37)40-7-11-15(43-45(33,34)35)14(30)20(42-11)28-10-27-13-17(22)25-9-26-18(13)28;;;/h9-11,14-16,20,30-31,48H,3-8H2,1-2H3,(H,23,29)(H,24,32)(H,36,37)(H,38,39)(H2,22,25,26)(H2,33,34,35);;;/q;3*+1/p-3/t11-,14-,15-,16+,20-;;;/m1.../s1. The number of aliphatic hydroxyl groups is 2. The van der Waals surface area contributed by atoms with Crippen molar-refractivity contribution in [2.75, 3.05) is 37.8 Å². The van der Waals surface area contributed by atoms with Crippen molar-refractivity contribution in [1.82, 2.24) is 30.2 Å². The van der Waals surface area contributed by atoms with Crippen molar-refractivity contribution >= 4 is 64.9 Å². The second kappa shape index (κ2) is 21.1. The maximum Gasteiger partial charge on any atom is 1.00 e. The summed E-state index contributed by atoms with van der Waals surface area (Å²) in [6.07, 6.45) is -7.21. The maximum absolute atomic E-state index is 12.4. The van der Waals surface area contributed by atoms with Crippen molar-refractivity contribution in [3.63, 3.8) is 0 Å². The van der Waals surface area contributed by atoms with Gasteiger partial charge in [0.2, 0.25) is 11.8 Å². The molecule has 0 aromatic carbocycles. The number of hydrogen-bond acceptors (Lipinski definition) is 20. The molecule has 23 nitrogen and oxygen atoms in total. The third-order valence-corrected chi connectivity index (χ3v) is 9.74. The van der Waals surface area contributed by atoms with Gasteiger partial charge in [-0.05, 0) is 0 Å². The van der Waals surface area contributed by atoms with E-state index in [0.717, 1.165) is 17.2 Å². The van der Waals surface area contributed by atoms with E-state index >= 15 is 0 Å². The van der Waals surface area contributed by atoms with Crippen LogP contribution in [0.4, 0.5) is 5.82 Å². The van der Waals surface area contributed by atoms with Crippen LogP contribution in [-0.2, 0) is 45.9 Å². The number of nitrogens with zero attached hydrogens (tertiary/aromatic N) is 4. The summed E-state index contributed by atoms with van der Waals surface area (Å²) in [5, 5.41) is 26.0. The molecule has 0 saturated carbocycles. The van der Waals surface area contributed by atoms with Gasteiger partial charge in [0.25, 0.3) is 23.5 Å². The second-order valence-electron chi connectivity index (χ2n) is 10.7. The molecule has 1 fully saturated rings. The van der Waals surface area contributed by atoms with Gasteiger partial charge in [0, 0.05) is 30.7 Å². The van der Waals surface area contributed by atoms with Crippen LogP contribution >= 0.6 is 36.1 Å². The summed E-state index contributed by atoms with van der Waals surface area (Å²) in [4.78, 5) is 81.0. The van der Waals surface area contributed by atoms with E-state index in [9.17, 15) is 53.1 Å². The number of amides is 2. The number of nitrogens with one attached hydrogen (secondary N) is 2. The number of ether oxygens (including phenoxy) is 1. The fraction of sp³-hybridized carbons (Fsp3) is 0.667. The first-order valence-corrected chi connectivity index (χ1v) is 18.7. The van der Waals surface area contributed by atoms with Crippen molar-refractivity contribution in [3.05, 3.63) is 12.7 Å². The minimum atomic E-state index is -5.87. The zero-order valence-electron chi connectivity index (χ0n) is 28.1. The van der Waals surface area contributed by atoms with E-state index in [4.69, 9.17) is 10.5 Å². The summed E-state index contributed by atoms with van der Waals surface area (Å²) in [5.74, 6) is -1.03. The fourth-order valence-electron chi connectivity index (χ4n) is 4.12. The summed E-state index contributed by atoms with van der Waals surface area (Å²) in [6, 6.07) is 0. The van der Waals surface area contributed by atoms with Gasteiger partial charge < -0.3 is 64.5 Å². The SMILES string of the molecule is CC(C)(COP(=O)([O-])OP(=O)([O-])OC[C@H]1O[C@@H](n2cnc3c(N)ncnc32)[C@H](O)[C@@H]1OP(=O)([O-])O)[C@@H](O)C(=O)NCCC(=O)NCCS.[Li+].[Li+].[Li+]. The van der Waals surface area contributed by atoms with Gasteiger partial charge in [-0.25, -0.2) is 19.3 Å². The van der Waals surface area contributed by atoms with Crippen LogP contribution in [0.5, 0.6) is 0 Å². The molecule has 30 heteroatoms. The number of thiol groups is 1. The Morgan fingerprint density at radius 2 is 1.73 bits per heavy atom. The molecule has 0 bridgehead atoms. The monoisotopic (exact) mass is 785 g/mol. The van der Waals surface area contributed by atoms with E-state index in [1.54, 1.807) is 0 Å². The molecule has 3 unspecified atom stereocenters. The fourth-order valence-corrected chi connectivity index (χ4v) is 6.97. The molecule has 0 aliphatic carbocycles. The van der Waals surface area contributed by atoms with E-state index in [1.165, 1.54) is 13.8 Å². The van der Waals surface area contributed by atoms with Gasteiger partial charge in [-0.2, -0.15) is 12.6 Å². The molecule has 51 heavy (non-hydrogen) atoms. The first-order valence-electron chi connectivity index (χ1n) is 13.6. The number of hydrogen-bond donors (Lipinski definition) is 7. The van der Waals surface area contributed by atoms with E-state index in [2.05, 4.69) is 56.1 Å². The number of carbonyl (C=O) groups excluding carboxylic acids is 2. The molecule has 3 heterocycles. The number of rotatable bonds is 18. The Bertz CT molecular complexity index is 1610. The molecule has 2 amide bonds. The number of phosphoric acid groups is 3. The Labute approximate surface area is 332 Å². The third kappa shape index (κ3) is 15.0. The van der Waals surface area contributed by atoms with E-state index < -0.39 is 78.6 Å². The molecule has 0 spiro atoms. The quantitative estimate of drug-likeness (QED) is 0.0419. The molecule has 3 rings (SSSR count). The summed E-state index contributed by atoms with van der Waals surface area (Å²) in [5.41, 5.74) is 4.15. The number of nitrogen functional groups attached to an aromatic ring is 1. The van der Waals surface area contributed by atoms with E-state index in [1.807, 2.05) is 0 Å². The molecule has 1 saturated heterocycles. The van der Waals surface area contributed by atoms with Crippen molar-refractivity contribution in [2.45, 2.75) is 50.9 Å². The number of nitrogens with two attached hydrogens (primary N) is 1. The van der Waals surface area contributed by atoms with E-state index in [-0.39, 0.29) is 92.4 Å². The van der Waals surface area contributed by atoms with Gasteiger partial charge in [0.1, 0.15) is 36.3 Å². The molecule has 272 valence electrons. The van der Waals surface area contributed by atoms with Crippen LogP contribution in [0.15, 0.2) is 12.7 Å². The first-order chi connectivity index (χ1) is 22.2. The molecular weight excluding hydrogens is 752 g/mol. The maximum atomic E-state index is 12.4. The molecule has 2 aromatic heterocycles. The third-order valence-electron chi connectivity index (χ3n) is 6.49. The van der Waals surface area contributed by atoms with Crippen LogP contribution in [0.2, 0.25) is 0 Å². The van der Waals surface area contributed by atoms with Gasteiger partial charge in [-0.1, -0.05) is 13.8 Å². The van der Waals surface area contributed by atoms with Crippen LogP contribution in [0.1, 0.15) is 26.5 Å². The second-order valence-corrected chi connectivity index (χ2v) is 15.3. The minimum Gasteiger partial charge on any atom is -0.756 e. The molecule has 2 aromatic rings. The number of aliphatic hydroxyl groups excluding tert-OH is 2. The summed E-state index contributed by atoms with van der Waals surface area (Å²) in [6.45, 7) is 0.374. The Hall–Kier alpha value is -0.318. The molecule has 8 atom stereocenters. The number of phosphoric ester groups is 3. The molecule has 1 aliphatic rings. The van der Waals surface area contributed by atoms with Gasteiger partial charge in [-0.15, -0.1) is 0 Å². The average Bonchev–Trinajstić information content (AvgIpc) is 3.54. The zero-order chi connectivity index (χ0) is 36.1. The summed E-state index contributed by atoms with van der Waals surface area (Å²) in [7, 11) is -17.2. The van der Waals surface area contributed by atoms with Gasteiger partial charge in [0.05, 0.1) is 19.5 Å². The van der Waals surface area contributed by atoms with Crippen molar-refractivity contribution in [3.8, 4) is 0 Å². The van der Waals surface area contributed by atoms with E-state index in [0.29, 0.717) is 12.3 Å². The number of aromatic nitrogens is 4. The number of anilines is 1. The Balaban J connectivity index is 0.00000833. The van der Waals surface area contributed by atoms with Crippen molar-refractivity contribution < 1.29 is 132 Å². The Kier molecular flexibility index (Phi) is 21.0. The average molecular weight is 785 g/mol. The van der Waals surface area contributed by atoms with Gasteiger partial charge in [0.15, 0.2) is 17.7 Å². The van der Waals surface area contributed by atoms with Crippen LogP contribution in [-0.4, -0.2) is 103 Å². The van der Waals surface area contributed by atoms with Crippen LogP contribution < -0.4 is 87.6 Å². The number of fused-ring (bicyclic) bond motifs is 1. The van der Waals surface area contributed by atoms with Gasteiger partial charge in [-0.3, -0.25) is 27.9 Å². The number of imidazole rings is 1. The largest absolute Gasteiger partial charge is 1.00 e. The predicted octanol–water partition coefficient (Wildman–Crippen LogP) is -12.5. The van der Waals surface area contributed by atoms with Gasteiger partial charge >= 0.3 is 56.6 Å². The Morgan fingerprint density at radius 3 is 2.33 bits per heavy atom. The molecule has 0 radical (unpaired) electrons. The molecule has 1 aliphatic heterocycles. The summed E-state index contributed by atoms with van der Waals surface area (Å²) < 4.78 is 60.4. The van der Waals surface area contributed by atoms with Crippen LogP contribution in [0.3, 0.4) is 0 Å². The molecule has 7 N–H and O–H groups in total. The molecular formula is C21H33Li3N7O16P3S. The first kappa shape index (κ1) is 50.7. The van der Waals surface area contributed by atoms with Crippen molar-refractivity contribution in [1.29, 1.82) is 0 Å². The van der Waals surface area contributed by atoms with Crippen LogP contribution in [0.25, 0.3) is 11.2 Å². The normalized spacial score (nSPS) is 22.9. The topological polar surface area (TPSA) is 355 Å². The minimum absolute atomic E-state index is 0. The van der Waals surface area contributed by atoms with Crippen LogP contribution in [0, 0.1) is 5.41 Å². The smallest absolute Gasteiger partial charge is 0.756 e. The van der Waals surface area contributed by atoms with Crippen molar-refractivity contribution in [2.24, 2.45) is 5.41 Å².